The molecule has 84 valence electrons. The van der Waals surface area contributed by atoms with Crippen LogP contribution in [0.15, 0.2) is 12.3 Å². The van der Waals surface area contributed by atoms with Gasteiger partial charge in [-0.25, -0.2) is 0 Å². The maximum atomic E-state index is 4.20. The van der Waals surface area contributed by atoms with E-state index in [2.05, 4.69) is 30.3 Å². The molecular weight excluding hydrogens is 186 g/mol. The normalized spacial score (nSPS) is 28.2. The summed E-state index contributed by atoms with van der Waals surface area (Å²) >= 11 is 0. The summed E-state index contributed by atoms with van der Waals surface area (Å²) in [6.07, 6.45) is 5.88. The fourth-order valence-electron chi connectivity index (χ4n) is 2.61. The van der Waals surface area contributed by atoms with Crippen molar-refractivity contribution in [3.63, 3.8) is 0 Å². The van der Waals surface area contributed by atoms with E-state index in [9.17, 15) is 0 Å². The summed E-state index contributed by atoms with van der Waals surface area (Å²) in [6.45, 7) is 4.57. The lowest BCUT2D eigenvalue weighted by molar-refractivity contribution is 0.433. The van der Waals surface area contributed by atoms with Crippen LogP contribution >= 0.6 is 0 Å². The van der Waals surface area contributed by atoms with Crippen LogP contribution in [0.1, 0.15) is 44.8 Å². The number of nitrogens with zero attached hydrogens (tertiary/aromatic N) is 2. The molecule has 3 heteroatoms. The third-order valence-electron chi connectivity index (χ3n) is 3.48. The van der Waals surface area contributed by atoms with E-state index in [1.165, 1.54) is 25.0 Å². The molecule has 1 N–H and O–H groups in total. The summed E-state index contributed by atoms with van der Waals surface area (Å²) in [4.78, 5) is 0. The molecular formula is C12H21N3. The van der Waals surface area contributed by atoms with Crippen LogP contribution < -0.4 is 5.32 Å². The molecule has 1 aliphatic carbocycles. The Balaban J connectivity index is 1.92. The highest BCUT2D eigenvalue weighted by molar-refractivity contribution is 5.05. The molecule has 0 amide bonds. The van der Waals surface area contributed by atoms with Crippen LogP contribution in [0.4, 0.5) is 0 Å². The molecule has 0 saturated heterocycles. The zero-order valence-electron chi connectivity index (χ0n) is 9.90. The molecule has 3 unspecified atom stereocenters. The molecule has 0 aliphatic heterocycles. The second-order valence-corrected chi connectivity index (χ2v) is 4.88. The van der Waals surface area contributed by atoms with Gasteiger partial charge in [0.05, 0.1) is 5.69 Å². The molecule has 0 radical (unpaired) electrons. The van der Waals surface area contributed by atoms with Gasteiger partial charge in [-0.2, -0.15) is 5.10 Å². The van der Waals surface area contributed by atoms with Gasteiger partial charge in [0.15, 0.2) is 0 Å². The number of hydrogen-bond acceptors (Lipinski definition) is 2. The summed E-state index contributed by atoms with van der Waals surface area (Å²) in [5.41, 5.74) is 1.27. The van der Waals surface area contributed by atoms with Crippen molar-refractivity contribution < 1.29 is 0 Å². The Morgan fingerprint density at radius 3 is 2.87 bits per heavy atom. The fraction of sp³-hybridized carbons (Fsp3) is 0.750. The number of aryl methyl sites for hydroxylation is 1. The highest BCUT2D eigenvalue weighted by atomic mass is 15.3. The zero-order chi connectivity index (χ0) is 10.8. The first kappa shape index (κ1) is 10.7. The lowest BCUT2D eigenvalue weighted by Crippen LogP contribution is -2.30. The van der Waals surface area contributed by atoms with Crippen molar-refractivity contribution in [2.45, 2.75) is 45.2 Å². The fourth-order valence-corrected chi connectivity index (χ4v) is 2.61. The predicted molar refractivity (Wildman–Crippen MR) is 61.6 cm³/mol. The van der Waals surface area contributed by atoms with Crippen LogP contribution in [-0.4, -0.2) is 15.8 Å². The Hall–Kier alpha value is -0.830. The first-order valence-corrected chi connectivity index (χ1v) is 5.90. The van der Waals surface area contributed by atoms with E-state index in [-0.39, 0.29) is 0 Å². The zero-order valence-corrected chi connectivity index (χ0v) is 9.90. The highest BCUT2D eigenvalue weighted by Gasteiger charge is 2.23. The van der Waals surface area contributed by atoms with Gasteiger partial charge in [0.25, 0.3) is 0 Å². The molecule has 1 heterocycles. The van der Waals surface area contributed by atoms with E-state index >= 15 is 0 Å². The SMILES string of the molecule is CC1CCC(NC(C)c2ccnn2C)C1. The van der Waals surface area contributed by atoms with Gasteiger partial charge in [0.2, 0.25) is 0 Å². The molecule has 0 spiro atoms. The van der Waals surface area contributed by atoms with Gasteiger partial charge < -0.3 is 5.32 Å². The van der Waals surface area contributed by atoms with Gasteiger partial charge >= 0.3 is 0 Å². The van der Waals surface area contributed by atoms with Crippen molar-refractivity contribution in [1.82, 2.24) is 15.1 Å². The second kappa shape index (κ2) is 4.35. The minimum absolute atomic E-state index is 0.410. The molecule has 0 aromatic carbocycles. The summed E-state index contributed by atoms with van der Waals surface area (Å²) in [6, 6.07) is 3.20. The maximum absolute atomic E-state index is 4.20. The van der Waals surface area contributed by atoms with Gasteiger partial charge in [-0.3, -0.25) is 4.68 Å². The summed E-state index contributed by atoms with van der Waals surface area (Å²) in [7, 11) is 2.00. The minimum atomic E-state index is 0.410. The Morgan fingerprint density at radius 2 is 2.33 bits per heavy atom. The van der Waals surface area contributed by atoms with Crippen molar-refractivity contribution in [1.29, 1.82) is 0 Å². The summed E-state index contributed by atoms with van der Waals surface area (Å²) in [5.74, 6) is 0.890. The van der Waals surface area contributed by atoms with Crippen LogP contribution in [0.5, 0.6) is 0 Å². The Morgan fingerprint density at radius 1 is 1.53 bits per heavy atom. The van der Waals surface area contributed by atoms with Crippen molar-refractivity contribution in [3.8, 4) is 0 Å². The monoisotopic (exact) mass is 207 g/mol. The standard InChI is InChI=1S/C12H21N3/c1-9-4-5-11(8-9)14-10(2)12-6-7-13-15(12)3/h6-7,9-11,14H,4-5,8H2,1-3H3. The molecule has 2 rings (SSSR count). The molecule has 1 aliphatic rings. The van der Waals surface area contributed by atoms with Crippen molar-refractivity contribution in [3.05, 3.63) is 18.0 Å². The Labute approximate surface area is 91.9 Å². The molecule has 3 nitrogen and oxygen atoms in total. The number of nitrogens with one attached hydrogen (secondary N) is 1. The first-order valence-electron chi connectivity index (χ1n) is 5.90. The van der Waals surface area contributed by atoms with Crippen LogP contribution in [0.2, 0.25) is 0 Å². The van der Waals surface area contributed by atoms with Crippen molar-refractivity contribution in [2.75, 3.05) is 0 Å². The maximum Gasteiger partial charge on any atom is 0.0547 e. The number of aromatic nitrogens is 2. The molecule has 1 aromatic heterocycles. The van der Waals surface area contributed by atoms with Gasteiger partial charge in [-0.1, -0.05) is 6.92 Å². The third-order valence-corrected chi connectivity index (χ3v) is 3.48. The largest absolute Gasteiger partial charge is 0.306 e. The van der Waals surface area contributed by atoms with Gasteiger partial charge in [0, 0.05) is 25.3 Å². The molecule has 3 atom stereocenters. The number of hydrogen-bond donors (Lipinski definition) is 1. The van der Waals surface area contributed by atoms with Gasteiger partial charge in [-0.15, -0.1) is 0 Å². The van der Waals surface area contributed by atoms with E-state index in [1.807, 2.05) is 17.9 Å². The van der Waals surface area contributed by atoms with E-state index in [0.717, 1.165) is 5.92 Å². The molecule has 1 fully saturated rings. The molecule has 1 aromatic rings. The van der Waals surface area contributed by atoms with E-state index < -0.39 is 0 Å². The number of rotatable bonds is 3. The van der Waals surface area contributed by atoms with E-state index in [0.29, 0.717) is 12.1 Å². The minimum Gasteiger partial charge on any atom is -0.306 e. The van der Waals surface area contributed by atoms with Crippen LogP contribution in [0.25, 0.3) is 0 Å². The van der Waals surface area contributed by atoms with Crippen LogP contribution in [-0.2, 0) is 7.05 Å². The smallest absolute Gasteiger partial charge is 0.0547 e. The van der Waals surface area contributed by atoms with Gasteiger partial charge in [0.1, 0.15) is 0 Å². The average Bonchev–Trinajstić information content (AvgIpc) is 2.75. The molecule has 15 heavy (non-hydrogen) atoms. The molecule has 0 bridgehead atoms. The third kappa shape index (κ3) is 2.40. The predicted octanol–water partition coefficient (Wildman–Crippen LogP) is 2.26. The van der Waals surface area contributed by atoms with Crippen LogP contribution in [0, 0.1) is 5.92 Å². The Kier molecular flexibility index (Phi) is 3.10. The van der Waals surface area contributed by atoms with E-state index in [1.54, 1.807) is 0 Å². The Bertz CT molecular complexity index is 318. The average molecular weight is 207 g/mol. The van der Waals surface area contributed by atoms with Crippen molar-refractivity contribution >= 4 is 0 Å². The topological polar surface area (TPSA) is 29.9 Å². The second-order valence-electron chi connectivity index (χ2n) is 4.88. The van der Waals surface area contributed by atoms with Crippen LogP contribution in [0.3, 0.4) is 0 Å². The lowest BCUT2D eigenvalue weighted by Gasteiger charge is -2.19. The lowest BCUT2D eigenvalue weighted by atomic mass is 10.1. The highest BCUT2D eigenvalue weighted by Crippen LogP contribution is 2.26. The van der Waals surface area contributed by atoms with E-state index in [4.69, 9.17) is 0 Å². The summed E-state index contributed by atoms with van der Waals surface area (Å²) < 4.78 is 1.95. The quantitative estimate of drug-likeness (QED) is 0.824. The molecule has 1 saturated carbocycles. The van der Waals surface area contributed by atoms with Crippen molar-refractivity contribution in [2.24, 2.45) is 13.0 Å². The summed E-state index contributed by atoms with van der Waals surface area (Å²) in [5, 5.41) is 7.90. The van der Waals surface area contributed by atoms with Gasteiger partial charge in [-0.05, 0) is 38.2 Å². The first-order chi connectivity index (χ1) is 7.16.